The Kier molecular flexibility index (Phi) is 5.79. The number of fused-ring (bicyclic) bond motifs is 1. The Morgan fingerprint density at radius 3 is 2.55 bits per heavy atom. The molecule has 31 heavy (non-hydrogen) atoms. The van der Waals surface area contributed by atoms with Gasteiger partial charge in [0.1, 0.15) is 11.2 Å². The standard InChI is InChI=1S/C23H23N5O3/c1-28-14-26-18-13-17(16-4-5-19(30-2)20(12-16)31-3)27-22(21(18)23(28)29)25-11-8-15-6-9-24-10-7-15/h4-7,9-10,12-14H,8,11H2,1-3H3,(H,25,27). The molecule has 0 aliphatic rings. The number of hydrogen-bond donors (Lipinski definition) is 1. The number of anilines is 1. The molecule has 1 aromatic carbocycles. The molecule has 4 rings (SSSR count). The zero-order valence-electron chi connectivity index (χ0n) is 17.6. The Morgan fingerprint density at radius 1 is 1.03 bits per heavy atom. The molecule has 4 aromatic rings. The topological polar surface area (TPSA) is 91.2 Å². The minimum atomic E-state index is -0.150. The summed E-state index contributed by atoms with van der Waals surface area (Å²) in [4.78, 5) is 26.1. The largest absolute Gasteiger partial charge is 0.493 e. The molecule has 8 nitrogen and oxygen atoms in total. The van der Waals surface area contributed by atoms with Crippen LogP contribution in [-0.2, 0) is 13.5 Å². The van der Waals surface area contributed by atoms with E-state index in [1.54, 1.807) is 33.7 Å². The first-order chi connectivity index (χ1) is 15.1. The van der Waals surface area contributed by atoms with Gasteiger partial charge in [-0.25, -0.2) is 9.97 Å². The summed E-state index contributed by atoms with van der Waals surface area (Å²) in [5.41, 5.74) is 3.09. The molecule has 0 aliphatic heterocycles. The van der Waals surface area contributed by atoms with Crippen LogP contribution in [0.3, 0.4) is 0 Å². The zero-order chi connectivity index (χ0) is 21.8. The molecule has 0 amide bonds. The quantitative estimate of drug-likeness (QED) is 0.494. The van der Waals surface area contributed by atoms with Crippen molar-refractivity contribution in [2.75, 3.05) is 26.1 Å². The lowest BCUT2D eigenvalue weighted by Crippen LogP contribution is -2.20. The van der Waals surface area contributed by atoms with Gasteiger partial charge in [0.2, 0.25) is 0 Å². The summed E-state index contributed by atoms with van der Waals surface area (Å²) >= 11 is 0. The van der Waals surface area contributed by atoms with Crippen molar-refractivity contribution in [2.24, 2.45) is 7.05 Å². The van der Waals surface area contributed by atoms with E-state index in [-0.39, 0.29) is 5.56 Å². The number of hydrogen-bond acceptors (Lipinski definition) is 7. The van der Waals surface area contributed by atoms with Gasteiger partial charge in [-0.2, -0.15) is 0 Å². The fourth-order valence-corrected chi connectivity index (χ4v) is 3.37. The number of methoxy groups -OCH3 is 2. The summed E-state index contributed by atoms with van der Waals surface area (Å²) in [7, 11) is 4.86. The average Bonchev–Trinajstić information content (AvgIpc) is 2.81. The molecule has 3 heterocycles. The van der Waals surface area contributed by atoms with Gasteiger partial charge in [0, 0.05) is 31.5 Å². The fraction of sp³-hybridized carbons (Fsp3) is 0.217. The van der Waals surface area contributed by atoms with Crippen LogP contribution in [-0.4, -0.2) is 40.3 Å². The smallest absolute Gasteiger partial charge is 0.264 e. The van der Waals surface area contributed by atoms with Crippen molar-refractivity contribution in [3.05, 3.63) is 71.0 Å². The maximum absolute atomic E-state index is 12.8. The Balaban J connectivity index is 1.76. The van der Waals surface area contributed by atoms with Crippen molar-refractivity contribution >= 4 is 16.7 Å². The van der Waals surface area contributed by atoms with E-state index in [9.17, 15) is 4.79 Å². The normalized spacial score (nSPS) is 10.8. The summed E-state index contributed by atoms with van der Waals surface area (Å²) < 4.78 is 12.2. The maximum atomic E-state index is 12.8. The summed E-state index contributed by atoms with van der Waals surface area (Å²) in [5.74, 6) is 1.74. The second-order valence-electron chi connectivity index (χ2n) is 7.01. The number of ether oxygens (including phenoxy) is 2. The minimum Gasteiger partial charge on any atom is -0.493 e. The molecule has 0 unspecified atom stereocenters. The molecule has 0 bridgehead atoms. The Hall–Kier alpha value is -3.94. The van der Waals surface area contributed by atoms with Crippen molar-refractivity contribution in [2.45, 2.75) is 6.42 Å². The highest BCUT2D eigenvalue weighted by Crippen LogP contribution is 2.33. The number of nitrogens with one attached hydrogen (secondary N) is 1. The van der Waals surface area contributed by atoms with E-state index < -0.39 is 0 Å². The van der Waals surface area contributed by atoms with Crippen LogP contribution < -0.4 is 20.3 Å². The fourth-order valence-electron chi connectivity index (χ4n) is 3.37. The van der Waals surface area contributed by atoms with Crippen molar-refractivity contribution in [1.29, 1.82) is 0 Å². The zero-order valence-corrected chi connectivity index (χ0v) is 17.6. The van der Waals surface area contributed by atoms with E-state index in [1.165, 1.54) is 10.9 Å². The van der Waals surface area contributed by atoms with E-state index in [1.807, 2.05) is 36.4 Å². The number of rotatable bonds is 7. The second kappa shape index (κ2) is 8.83. The highest BCUT2D eigenvalue weighted by molar-refractivity contribution is 5.91. The summed E-state index contributed by atoms with van der Waals surface area (Å²) in [6, 6.07) is 11.3. The van der Waals surface area contributed by atoms with Crippen LogP contribution in [0.1, 0.15) is 5.56 Å². The molecule has 3 aromatic heterocycles. The van der Waals surface area contributed by atoms with Crippen molar-refractivity contribution in [3.63, 3.8) is 0 Å². The number of pyridine rings is 2. The monoisotopic (exact) mass is 417 g/mol. The van der Waals surface area contributed by atoms with Crippen LogP contribution in [0.4, 0.5) is 5.82 Å². The third kappa shape index (κ3) is 4.18. The molecule has 1 N–H and O–H groups in total. The first kappa shape index (κ1) is 20.3. The van der Waals surface area contributed by atoms with Crippen LogP contribution >= 0.6 is 0 Å². The lowest BCUT2D eigenvalue weighted by atomic mass is 10.1. The van der Waals surface area contributed by atoms with Crippen molar-refractivity contribution in [3.8, 4) is 22.8 Å². The summed E-state index contributed by atoms with van der Waals surface area (Å²) in [6.07, 6.45) is 5.82. The molecule has 0 atom stereocenters. The SMILES string of the molecule is COc1ccc(-c2cc3ncn(C)c(=O)c3c(NCCc3ccncc3)n2)cc1OC. The third-order valence-electron chi connectivity index (χ3n) is 5.04. The Labute approximate surface area is 179 Å². The van der Waals surface area contributed by atoms with E-state index >= 15 is 0 Å². The predicted molar refractivity (Wildman–Crippen MR) is 120 cm³/mol. The van der Waals surface area contributed by atoms with Crippen molar-refractivity contribution < 1.29 is 9.47 Å². The molecule has 0 radical (unpaired) electrons. The van der Waals surface area contributed by atoms with E-state index in [4.69, 9.17) is 14.5 Å². The molecule has 8 heteroatoms. The molecular weight excluding hydrogens is 394 g/mol. The first-order valence-electron chi connectivity index (χ1n) is 9.82. The average molecular weight is 417 g/mol. The lowest BCUT2D eigenvalue weighted by Gasteiger charge is -2.13. The van der Waals surface area contributed by atoms with Gasteiger partial charge in [-0.1, -0.05) is 0 Å². The van der Waals surface area contributed by atoms with Crippen LogP contribution in [0.25, 0.3) is 22.2 Å². The molecular formula is C23H23N5O3. The second-order valence-corrected chi connectivity index (χ2v) is 7.01. The number of aryl methyl sites for hydroxylation is 1. The molecule has 0 aliphatic carbocycles. The number of nitrogens with zero attached hydrogens (tertiary/aromatic N) is 4. The van der Waals surface area contributed by atoms with Crippen LogP contribution in [0, 0.1) is 0 Å². The van der Waals surface area contributed by atoms with Gasteiger partial charge in [0.05, 0.1) is 31.8 Å². The van der Waals surface area contributed by atoms with E-state index in [0.717, 1.165) is 17.5 Å². The van der Waals surface area contributed by atoms with Gasteiger partial charge < -0.3 is 19.4 Å². The highest BCUT2D eigenvalue weighted by Gasteiger charge is 2.14. The van der Waals surface area contributed by atoms with Gasteiger partial charge >= 0.3 is 0 Å². The summed E-state index contributed by atoms with van der Waals surface area (Å²) in [6.45, 7) is 0.611. The van der Waals surface area contributed by atoms with Crippen molar-refractivity contribution in [1.82, 2.24) is 19.5 Å². The van der Waals surface area contributed by atoms with Gasteiger partial charge in [-0.15, -0.1) is 0 Å². The number of aromatic nitrogens is 4. The van der Waals surface area contributed by atoms with Gasteiger partial charge in [0.25, 0.3) is 5.56 Å². The first-order valence-corrected chi connectivity index (χ1v) is 9.82. The Bertz CT molecular complexity index is 1270. The van der Waals surface area contributed by atoms with Crippen LogP contribution in [0.15, 0.2) is 59.9 Å². The van der Waals surface area contributed by atoms with Crippen LogP contribution in [0.5, 0.6) is 11.5 Å². The van der Waals surface area contributed by atoms with E-state index in [2.05, 4.69) is 15.3 Å². The van der Waals surface area contributed by atoms with Gasteiger partial charge in [-0.3, -0.25) is 9.78 Å². The lowest BCUT2D eigenvalue weighted by molar-refractivity contribution is 0.355. The summed E-state index contributed by atoms with van der Waals surface area (Å²) in [5, 5.41) is 3.79. The molecule has 0 saturated heterocycles. The maximum Gasteiger partial charge on any atom is 0.264 e. The highest BCUT2D eigenvalue weighted by atomic mass is 16.5. The minimum absolute atomic E-state index is 0.150. The number of benzene rings is 1. The molecule has 0 fully saturated rings. The van der Waals surface area contributed by atoms with E-state index in [0.29, 0.717) is 40.5 Å². The third-order valence-corrected chi connectivity index (χ3v) is 5.04. The molecule has 0 spiro atoms. The van der Waals surface area contributed by atoms with Gasteiger partial charge in [0.15, 0.2) is 11.5 Å². The molecule has 0 saturated carbocycles. The van der Waals surface area contributed by atoms with Crippen LogP contribution in [0.2, 0.25) is 0 Å². The molecule has 158 valence electrons. The predicted octanol–water partition coefficient (Wildman–Crippen LogP) is 3.06. The Morgan fingerprint density at radius 2 is 1.81 bits per heavy atom. The van der Waals surface area contributed by atoms with Gasteiger partial charge in [-0.05, 0) is 48.4 Å².